The Morgan fingerprint density at radius 2 is 1.94 bits per heavy atom. The molecule has 168 valence electrons. The minimum atomic E-state index is -0.426. The summed E-state index contributed by atoms with van der Waals surface area (Å²) in [4.78, 5) is 19.7. The van der Waals surface area contributed by atoms with Crippen LogP contribution in [-0.4, -0.2) is 54.6 Å². The zero-order valence-corrected chi connectivity index (χ0v) is 18.8. The largest absolute Gasteiger partial charge is 0.464 e. The minimum absolute atomic E-state index is 0.320. The average molecular weight is 435 g/mol. The molecule has 1 unspecified atom stereocenters. The van der Waals surface area contributed by atoms with Gasteiger partial charge in [-0.1, -0.05) is 24.6 Å². The summed E-state index contributed by atoms with van der Waals surface area (Å²) >= 11 is 0. The molecule has 1 saturated carbocycles. The molecule has 0 spiro atoms. The second kappa shape index (κ2) is 8.90. The van der Waals surface area contributed by atoms with Gasteiger partial charge in [-0.3, -0.25) is 0 Å². The molecule has 0 radical (unpaired) electrons. The van der Waals surface area contributed by atoms with Crippen LogP contribution in [0.1, 0.15) is 54.2 Å². The Morgan fingerprint density at radius 1 is 1.12 bits per heavy atom. The van der Waals surface area contributed by atoms with Gasteiger partial charge < -0.3 is 14.4 Å². The standard InChI is InChI=1S/C25H30N4O3/c1-31-16-17-8-7-13-28(15-17)21-14-20(25(30)32-2)26-24-22(21)23(18-9-6-10-18)27-29(24)19-11-4-3-5-12-19/h3-5,11-12,14,17-18H,6-10,13,15-16H2,1-2H3. The zero-order chi connectivity index (χ0) is 22.1. The van der Waals surface area contributed by atoms with Crippen LogP contribution in [0, 0.1) is 5.92 Å². The second-order valence-corrected chi connectivity index (χ2v) is 8.89. The van der Waals surface area contributed by atoms with Gasteiger partial charge in [0.1, 0.15) is 0 Å². The third kappa shape index (κ3) is 3.75. The number of rotatable bonds is 6. The number of anilines is 1. The Bertz CT molecular complexity index is 1110. The predicted molar refractivity (Wildman–Crippen MR) is 124 cm³/mol. The summed E-state index contributed by atoms with van der Waals surface area (Å²) in [6.07, 6.45) is 5.77. The summed E-state index contributed by atoms with van der Waals surface area (Å²) < 4.78 is 12.4. The fraction of sp³-hybridized carbons (Fsp3) is 0.480. The van der Waals surface area contributed by atoms with Crippen LogP contribution in [-0.2, 0) is 9.47 Å². The van der Waals surface area contributed by atoms with E-state index < -0.39 is 5.97 Å². The smallest absolute Gasteiger partial charge is 0.356 e. The van der Waals surface area contributed by atoms with Crippen molar-refractivity contribution in [1.82, 2.24) is 14.8 Å². The fourth-order valence-electron chi connectivity index (χ4n) is 4.95. The summed E-state index contributed by atoms with van der Waals surface area (Å²) in [5.74, 6) is 0.478. The Balaban J connectivity index is 1.72. The number of nitrogens with zero attached hydrogens (tertiary/aromatic N) is 4. The molecule has 2 fully saturated rings. The SMILES string of the molecule is COCC1CCCN(c2cc(C(=O)OC)nc3c2c(C2CCC2)nn3-c2ccccc2)C1. The van der Waals surface area contributed by atoms with Gasteiger partial charge in [-0.15, -0.1) is 0 Å². The molecule has 2 aliphatic rings. The lowest BCUT2D eigenvalue weighted by Crippen LogP contribution is -2.37. The number of fused-ring (bicyclic) bond motifs is 1. The molecular weight excluding hydrogens is 404 g/mol. The van der Waals surface area contributed by atoms with E-state index in [2.05, 4.69) is 4.90 Å². The molecule has 3 heterocycles. The molecule has 1 atom stereocenters. The quantitative estimate of drug-likeness (QED) is 0.538. The number of methoxy groups -OCH3 is 2. The molecule has 5 rings (SSSR count). The third-order valence-corrected chi connectivity index (χ3v) is 6.79. The van der Waals surface area contributed by atoms with Crippen molar-refractivity contribution in [3.8, 4) is 5.69 Å². The maximum absolute atomic E-state index is 12.6. The summed E-state index contributed by atoms with van der Waals surface area (Å²) in [5, 5.41) is 6.14. The number of pyridine rings is 1. The van der Waals surface area contributed by atoms with E-state index >= 15 is 0 Å². The molecule has 7 heteroatoms. The summed E-state index contributed by atoms with van der Waals surface area (Å²) in [5.41, 5.74) is 4.13. The second-order valence-electron chi connectivity index (χ2n) is 8.89. The first-order chi connectivity index (χ1) is 15.7. The molecule has 0 N–H and O–H groups in total. The van der Waals surface area contributed by atoms with Gasteiger partial charge in [-0.05, 0) is 49.8 Å². The van der Waals surface area contributed by atoms with Crippen LogP contribution in [0.3, 0.4) is 0 Å². The Labute approximate surface area is 188 Å². The van der Waals surface area contributed by atoms with Crippen LogP contribution in [0.2, 0.25) is 0 Å². The van der Waals surface area contributed by atoms with Gasteiger partial charge in [0.05, 0.1) is 36.2 Å². The van der Waals surface area contributed by atoms with E-state index in [9.17, 15) is 4.79 Å². The Morgan fingerprint density at radius 3 is 2.62 bits per heavy atom. The number of benzene rings is 1. The highest BCUT2D eigenvalue weighted by atomic mass is 16.5. The fourth-order valence-corrected chi connectivity index (χ4v) is 4.95. The number of hydrogen-bond acceptors (Lipinski definition) is 6. The van der Waals surface area contributed by atoms with E-state index in [4.69, 9.17) is 19.6 Å². The molecule has 7 nitrogen and oxygen atoms in total. The highest BCUT2D eigenvalue weighted by molar-refractivity contribution is 5.99. The van der Waals surface area contributed by atoms with Gasteiger partial charge in [0, 0.05) is 26.1 Å². The van der Waals surface area contributed by atoms with Crippen LogP contribution in [0.15, 0.2) is 36.4 Å². The summed E-state index contributed by atoms with van der Waals surface area (Å²) in [7, 11) is 3.16. The van der Waals surface area contributed by atoms with Crippen molar-refractivity contribution in [2.45, 2.75) is 38.0 Å². The lowest BCUT2D eigenvalue weighted by Gasteiger charge is -2.35. The number of para-hydroxylation sites is 1. The minimum Gasteiger partial charge on any atom is -0.464 e. The highest BCUT2D eigenvalue weighted by Crippen LogP contribution is 2.43. The van der Waals surface area contributed by atoms with E-state index in [0.29, 0.717) is 17.5 Å². The van der Waals surface area contributed by atoms with Crippen LogP contribution in [0.25, 0.3) is 16.7 Å². The van der Waals surface area contributed by atoms with Crippen molar-refractivity contribution in [3.63, 3.8) is 0 Å². The van der Waals surface area contributed by atoms with Gasteiger partial charge in [0.2, 0.25) is 0 Å². The maximum atomic E-state index is 12.6. The molecule has 3 aromatic rings. The Kier molecular flexibility index (Phi) is 5.83. The molecule has 0 bridgehead atoms. The maximum Gasteiger partial charge on any atom is 0.356 e. The molecular formula is C25H30N4O3. The molecule has 1 aliphatic carbocycles. The van der Waals surface area contributed by atoms with Crippen molar-refractivity contribution < 1.29 is 14.3 Å². The van der Waals surface area contributed by atoms with E-state index in [-0.39, 0.29) is 0 Å². The van der Waals surface area contributed by atoms with Crippen LogP contribution in [0.5, 0.6) is 0 Å². The van der Waals surface area contributed by atoms with Crippen molar-refractivity contribution in [1.29, 1.82) is 0 Å². The number of ether oxygens (including phenoxy) is 2. The molecule has 0 amide bonds. The van der Waals surface area contributed by atoms with Crippen LogP contribution in [0.4, 0.5) is 5.69 Å². The van der Waals surface area contributed by atoms with Gasteiger partial charge in [-0.25, -0.2) is 14.5 Å². The molecule has 2 aromatic heterocycles. The summed E-state index contributed by atoms with van der Waals surface area (Å²) in [6.45, 7) is 2.59. The van der Waals surface area contributed by atoms with Gasteiger partial charge in [-0.2, -0.15) is 5.10 Å². The normalized spacial score (nSPS) is 19.2. The number of carbonyl (C=O) groups is 1. The lowest BCUT2D eigenvalue weighted by atomic mass is 9.82. The third-order valence-electron chi connectivity index (χ3n) is 6.79. The number of piperidine rings is 1. The first-order valence-corrected chi connectivity index (χ1v) is 11.5. The number of hydrogen-bond donors (Lipinski definition) is 0. The van der Waals surface area contributed by atoms with Gasteiger partial charge in [0.15, 0.2) is 11.3 Å². The van der Waals surface area contributed by atoms with Gasteiger partial charge >= 0.3 is 5.97 Å². The predicted octanol–water partition coefficient (Wildman–Crippen LogP) is 4.34. The van der Waals surface area contributed by atoms with Crippen molar-refractivity contribution in [3.05, 3.63) is 47.8 Å². The van der Waals surface area contributed by atoms with E-state index in [1.54, 1.807) is 7.11 Å². The van der Waals surface area contributed by atoms with Crippen molar-refractivity contribution in [2.75, 3.05) is 38.8 Å². The van der Waals surface area contributed by atoms with Crippen molar-refractivity contribution >= 4 is 22.7 Å². The Hall–Kier alpha value is -2.93. The zero-order valence-electron chi connectivity index (χ0n) is 18.8. The monoisotopic (exact) mass is 434 g/mol. The highest BCUT2D eigenvalue weighted by Gasteiger charge is 2.31. The van der Waals surface area contributed by atoms with E-state index in [1.807, 2.05) is 41.1 Å². The van der Waals surface area contributed by atoms with E-state index in [0.717, 1.165) is 73.5 Å². The van der Waals surface area contributed by atoms with E-state index in [1.165, 1.54) is 13.5 Å². The topological polar surface area (TPSA) is 69.5 Å². The average Bonchev–Trinajstić information content (AvgIpc) is 3.17. The van der Waals surface area contributed by atoms with Crippen molar-refractivity contribution in [2.24, 2.45) is 5.92 Å². The van der Waals surface area contributed by atoms with Crippen LogP contribution < -0.4 is 4.90 Å². The molecule has 1 saturated heterocycles. The lowest BCUT2D eigenvalue weighted by molar-refractivity contribution is 0.0594. The number of esters is 1. The van der Waals surface area contributed by atoms with Crippen LogP contribution >= 0.6 is 0 Å². The number of aromatic nitrogens is 3. The number of carbonyl (C=O) groups excluding carboxylic acids is 1. The molecule has 1 aromatic carbocycles. The first kappa shape index (κ1) is 20.9. The van der Waals surface area contributed by atoms with Gasteiger partial charge in [0.25, 0.3) is 0 Å². The summed E-state index contributed by atoms with van der Waals surface area (Å²) in [6, 6.07) is 11.9. The first-order valence-electron chi connectivity index (χ1n) is 11.5. The molecule has 1 aliphatic heterocycles. The molecule has 32 heavy (non-hydrogen) atoms.